The molecule has 3 aromatic rings. The number of morpholine rings is 1. The minimum atomic E-state index is -4.19. The molecular weight excluding hydrogens is 476 g/mol. The van der Waals surface area contributed by atoms with Crippen molar-refractivity contribution in [1.29, 1.82) is 5.26 Å². The molecule has 176 valence electrons. The molecule has 34 heavy (non-hydrogen) atoms. The van der Waals surface area contributed by atoms with E-state index < -0.39 is 20.3 Å². The van der Waals surface area contributed by atoms with Crippen LogP contribution in [0.3, 0.4) is 0 Å². The van der Waals surface area contributed by atoms with Crippen molar-refractivity contribution in [1.82, 2.24) is 9.38 Å². The maximum Gasteiger partial charge on any atom is 0.267 e. The molecule has 2 atom stereocenters. The smallest absolute Gasteiger partial charge is 0.267 e. The normalized spacial score (nSPS) is 19.3. The lowest BCUT2D eigenvalue weighted by molar-refractivity contribution is -0.00546. The molecule has 1 aliphatic heterocycles. The number of hydrogen-bond donors (Lipinski definition) is 0. The van der Waals surface area contributed by atoms with E-state index in [4.69, 9.17) is 21.3 Å². The molecule has 0 N–H and O–H groups in total. The number of halogens is 1. The number of allylic oxidation sites excluding steroid dienone is 1. The lowest BCUT2D eigenvalue weighted by Gasteiger charge is -2.36. The van der Waals surface area contributed by atoms with Gasteiger partial charge in [-0.25, -0.2) is 13.4 Å². The van der Waals surface area contributed by atoms with Gasteiger partial charge in [0.15, 0.2) is 0 Å². The van der Waals surface area contributed by atoms with Crippen LogP contribution in [0.25, 0.3) is 11.7 Å². The van der Waals surface area contributed by atoms with Gasteiger partial charge in [-0.05, 0) is 62.7 Å². The highest BCUT2D eigenvalue weighted by Gasteiger charge is 2.28. The number of aromatic nitrogens is 2. The molecule has 1 aliphatic rings. The SMILES string of the molecule is Cc1cccn2c(=O)c(/C=C(\C#N)S(=O)(=O)c3ccc(Cl)cc3)c(N3CC(C)OC(C)C3)nc12. The van der Waals surface area contributed by atoms with E-state index in [2.05, 4.69) is 0 Å². The van der Waals surface area contributed by atoms with Crippen molar-refractivity contribution in [2.24, 2.45) is 0 Å². The first-order valence-electron chi connectivity index (χ1n) is 10.7. The molecule has 2 aromatic heterocycles. The van der Waals surface area contributed by atoms with Crippen molar-refractivity contribution in [3.63, 3.8) is 0 Å². The van der Waals surface area contributed by atoms with Crippen LogP contribution in [-0.2, 0) is 14.6 Å². The van der Waals surface area contributed by atoms with Crippen LogP contribution in [0.1, 0.15) is 25.0 Å². The number of fused-ring (bicyclic) bond motifs is 1. The number of nitriles is 1. The zero-order chi connectivity index (χ0) is 24.6. The van der Waals surface area contributed by atoms with Gasteiger partial charge in [-0.3, -0.25) is 9.20 Å². The molecule has 2 unspecified atom stereocenters. The molecule has 1 saturated heterocycles. The average molecular weight is 499 g/mol. The maximum absolute atomic E-state index is 13.6. The number of rotatable bonds is 4. The Hall–Kier alpha value is -3.19. The number of benzene rings is 1. The summed E-state index contributed by atoms with van der Waals surface area (Å²) in [6.07, 6.45) is 2.45. The summed E-state index contributed by atoms with van der Waals surface area (Å²) in [4.78, 5) is 19.6. The lowest BCUT2D eigenvalue weighted by atomic mass is 10.1. The highest BCUT2D eigenvalue weighted by Crippen LogP contribution is 2.27. The summed E-state index contributed by atoms with van der Waals surface area (Å²) in [6.45, 7) is 6.61. The summed E-state index contributed by atoms with van der Waals surface area (Å²) in [5.41, 5.74) is 0.818. The van der Waals surface area contributed by atoms with Gasteiger partial charge >= 0.3 is 0 Å². The van der Waals surface area contributed by atoms with Gasteiger partial charge < -0.3 is 9.64 Å². The Morgan fingerprint density at radius 3 is 2.47 bits per heavy atom. The lowest BCUT2D eigenvalue weighted by Crippen LogP contribution is -2.46. The van der Waals surface area contributed by atoms with Crippen LogP contribution >= 0.6 is 11.6 Å². The first-order chi connectivity index (χ1) is 16.1. The van der Waals surface area contributed by atoms with Crippen LogP contribution in [0.15, 0.2) is 57.2 Å². The third-order valence-corrected chi connectivity index (χ3v) is 7.52. The zero-order valence-electron chi connectivity index (χ0n) is 18.9. The van der Waals surface area contributed by atoms with Crippen molar-refractivity contribution in [2.45, 2.75) is 37.9 Å². The van der Waals surface area contributed by atoms with Crippen molar-refractivity contribution in [3.05, 3.63) is 74.0 Å². The fourth-order valence-corrected chi connectivity index (χ4v) is 5.33. The molecule has 0 radical (unpaired) electrons. The molecule has 1 fully saturated rings. The van der Waals surface area contributed by atoms with Crippen LogP contribution < -0.4 is 10.5 Å². The van der Waals surface area contributed by atoms with Crippen LogP contribution in [-0.4, -0.2) is 43.1 Å². The molecule has 0 aliphatic carbocycles. The minimum Gasteiger partial charge on any atom is -0.372 e. The Kier molecular flexibility index (Phi) is 6.49. The number of aryl methyl sites for hydroxylation is 1. The Labute approximate surface area is 202 Å². The van der Waals surface area contributed by atoms with Crippen molar-refractivity contribution < 1.29 is 13.2 Å². The Morgan fingerprint density at radius 1 is 1.21 bits per heavy atom. The van der Waals surface area contributed by atoms with Crippen LogP contribution in [0.4, 0.5) is 5.82 Å². The molecule has 8 nitrogen and oxygen atoms in total. The second-order valence-electron chi connectivity index (χ2n) is 8.28. The molecule has 0 amide bonds. The van der Waals surface area contributed by atoms with Gasteiger partial charge in [0.25, 0.3) is 5.56 Å². The van der Waals surface area contributed by atoms with Crippen molar-refractivity contribution in [3.8, 4) is 6.07 Å². The quantitative estimate of drug-likeness (QED) is 0.506. The summed E-state index contributed by atoms with van der Waals surface area (Å²) in [7, 11) is -4.19. The fraction of sp³-hybridized carbons (Fsp3) is 0.292. The van der Waals surface area contributed by atoms with Gasteiger partial charge in [-0.1, -0.05) is 17.7 Å². The highest BCUT2D eigenvalue weighted by atomic mass is 35.5. The molecular formula is C24H23ClN4O4S. The molecule has 0 bridgehead atoms. The number of nitrogens with zero attached hydrogens (tertiary/aromatic N) is 4. The monoisotopic (exact) mass is 498 g/mol. The molecule has 3 heterocycles. The number of anilines is 1. The minimum absolute atomic E-state index is 0.0264. The summed E-state index contributed by atoms with van der Waals surface area (Å²) in [6, 6.07) is 10.8. The maximum atomic E-state index is 13.6. The summed E-state index contributed by atoms with van der Waals surface area (Å²) >= 11 is 5.88. The topological polar surface area (TPSA) is 105 Å². The standard InChI is InChI=1S/C24H23ClN4O4S/c1-15-5-4-10-29-22(15)27-23(28-13-16(2)33-17(3)14-28)21(24(29)30)11-20(12-26)34(31,32)19-8-6-18(25)7-9-19/h4-11,16-17H,13-14H2,1-3H3/b20-11+. The van der Waals surface area contributed by atoms with E-state index in [0.717, 1.165) is 11.6 Å². The van der Waals surface area contributed by atoms with Crippen LogP contribution in [0.2, 0.25) is 5.02 Å². The van der Waals surface area contributed by atoms with E-state index in [9.17, 15) is 18.5 Å². The summed E-state index contributed by atoms with van der Waals surface area (Å²) in [5, 5.41) is 10.2. The highest BCUT2D eigenvalue weighted by molar-refractivity contribution is 7.95. The molecule has 10 heteroatoms. The van der Waals surface area contributed by atoms with Gasteiger partial charge in [0, 0.05) is 24.3 Å². The predicted octanol–water partition coefficient (Wildman–Crippen LogP) is 3.61. The molecule has 1 aromatic carbocycles. The molecule has 0 saturated carbocycles. The summed E-state index contributed by atoms with van der Waals surface area (Å²) < 4.78 is 33.6. The van der Waals surface area contributed by atoms with E-state index in [1.54, 1.807) is 18.3 Å². The third-order valence-electron chi connectivity index (χ3n) is 5.58. The van der Waals surface area contributed by atoms with Gasteiger partial charge in [0.05, 0.1) is 22.7 Å². The molecule has 0 spiro atoms. The van der Waals surface area contributed by atoms with Gasteiger partial charge in [0.1, 0.15) is 22.4 Å². The number of pyridine rings is 1. The second-order valence-corrected chi connectivity index (χ2v) is 10.6. The number of ether oxygens (including phenoxy) is 1. The largest absolute Gasteiger partial charge is 0.372 e. The van der Waals surface area contributed by atoms with E-state index in [1.165, 1.54) is 28.7 Å². The van der Waals surface area contributed by atoms with E-state index >= 15 is 0 Å². The predicted molar refractivity (Wildman–Crippen MR) is 131 cm³/mol. The molecule has 4 rings (SSSR count). The first kappa shape index (κ1) is 24.0. The zero-order valence-corrected chi connectivity index (χ0v) is 20.5. The number of hydrogen-bond acceptors (Lipinski definition) is 7. The van der Waals surface area contributed by atoms with E-state index in [1.807, 2.05) is 31.7 Å². The average Bonchev–Trinajstić information content (AvgIpc) is 2.78. The van der Waals surface area contributed by atoms with Gasteiger partial charge in [-0.15, -0.1) is 0 Å². The van der Waals surface area contributed by atoms with E-state index in [0.29, 0.717) is 29.6 Å². The van der Waals surface area contributed by atoms with Crippen LogP contribution in [0.5, 0.6) is 0 Å². The van der Waals surface area contributed by atoms with Crippen molar-refractivity contribution >= 4 is 39.0 Å². The van der Waals surface area contributed by atoms with Gasteiger partial charge in [-0.2, -0.15) is 5.26 Å². The van der Waals surface area contributed by atoms with Crippen molar-refractivity contribution in [2.75, 3.05) is 18.0 Å². The van der Waals surface area contributed by atoms with E-state index in [-0.39, 0.29) is 22.7 Å². The Balaban J connectivity index is 1.97. The summed E-state index contributed by atoms with van der Waals surface area (Å²) in [5.74, 6) is 0.320. The third kappa shape index (κ3) is 4.44. The Bertz CT molecular complexity index is 1480. The Morgan fingerprint density at radius 2 is 1.85 bits per heavy atom. The van der Waals surface area contributed by atoms with Gasteiger partial charge in [0.2, 0.25) is 9.84 Å². The van der Waals surface area contributed by atoms with Crippen LogP contribution in [0, 0.1) is 18.3 Å². The first-order valence-corrected chi connectivity index (χ1v) is 12.5. The number of sulfone groups is 1. The second kappa shape index (κ2) is 9.22. The fourth-order valence-electron chi connectivity index (χ4n) is 4.06.